The zero-order valence-electron chi connectivity index (χ0n) is 11.7. The maximum atomic E-state index is 14.0. The van der Waals surface area contributed by atoms with E-state index in [1.807, 2.05) is 20.1 Å². The molecule has 3 rings (SSSR count). The predicted molar refractivity (Wildman–Crippen MR) is 82.3 cm³/mol. The van der Waals surface area contributed by atoms with Gasteiger partial charge in [-0.1, -0.05) is 37.2 Å². The predicted octanol–water partition coefficient (Wildman–Crippen LogP) is 3.78. The molecular formula is C13H16ClFN4S. The SMILES string of the molecule is CC.CSc1ncc2c(N3CCC3)nc(Cl)c(F)c2n1. The minimum absolute atomic E-state index is 0.129. The van der Waals surface area contributed by atoms with Gasteiger partial charge in [0.25, 0.3) is 0 Å². The standard InChI is InChI=1S/C11H10ClFN4S.C2H6/c1-18-11-14-5-6-8(15-11)7(13)9(12)16-10(6)17-3-2-4-17;1-2/h5H,2-4H2,1H3;1-2H3. The molecule has 0 radical (unpaired) electrons. The van der Waals surface area contributed by atoms with Crippen LogP contribution in [0.5, 0.6) is 0 Å². The molecule has 0 N–H and O–H groups in total. The average Bonchev–Trinajstić information content (AvgIpc) is 2.44. The minimum atomic E-state index is -0.575. The van der Waals surface area contributed by atoms with Crippen LogP contribution < -0.4 is 4.90 Å². The molecule has 0 aliphatic carbocycles. The first-order valence-corrected chi connectivity index (χ1v) is 8.11. The second-order valence-corrected chi connectivity index (χ2v) is 5.13. The van der Waals surface area contributed by atoms with Crippen molar-refractivity contribution in [2.75, 3.05) is 24.2 Å². The summed E-state index contributed by atoms with van der Waals surface area (Å²) in [5.74, 6) is 0.101. The summed E-state index contributed by atoms with van der Waals surface area (Å²) in [6.07, 6.45) is 4.58. The van der Waals surface area contributed by atoms with Gasteiger partial charge in [0.05, 0.1) is 5.39 Å². The summed E-state index contributed by atoms with van der Waals surface area (Å²) in [5.41, 5.74) is 0.247. The van der Waals surface area contributed by atoms with Crippen LogP contribution in [0.4, 0.5) is 10.2 Å². The third kappa shape index (κ3) is 2.67. The lowest BCUT2D eigenvalue weighted by atomic mass is 10.2. The van der Waals surface area contributed by atoms with Crippen LogP contribution in [0.3, 0.4) is 0 Å². The van der Waals surface area contributed by atoms with Crippen LogP contribution >= 0.6 is 23.4 Å². The van der Waals surface area contributed by atoms with Crippen LogP contribution in [0.15, 0.2) is 11.4 Å². The lowest BCUT2D eigenvalue weighted by molar-refractivity contribution is 0.603. The van der Waals surface area contributed by atoms with Crippen LogP contribution in [-0.4, -0.2) is 34.3 Å². The van der Waals surface area contributed by atoms with E-state index in [4.69, 9.17) is 11.6 Å². The fraction of sp³-hybridized carbons (Fsp3) is 0.462. The Morgan fingerprint density at radius 2 is 2.00 bits per heavy atom. The summed E-state index contributed by atoms with van der Waals surface area (Å²) in [6.45, 7) is 5.82. The number of hydrogen-bond donors (Lipinski definition) is 0. The Morgan fingerprint density at radius 1 is 1.30 bits per heavy atom. The van der Waals surface area contributed by atoms with E-state index in [1.165, 1.54) is 11.8 Å². The van der Waals surface area contributed by atoms with Gasteiger partial charge in [-0.3, -0.25) is 0 Å². The number of rotatable bonds is 2. The first-order valence-electron chi connectivity index (χ1n) is 6.51. The van der Waals surface area contributed by atoms with Crippen LogP contribution in [0, 0.1) is 5.82 Å². The summed E-state index contributed by atoms with van der Waals surface area (Å²) in [5, 5.41) is 1.02. The molecule has 20 heavy (non-hydrogen) atoms. The summed E-state index contributed by atoms with van der Waals surface area (Å²) in [7, 11) is 0. The number of aromatic nitrogens is 3. The lowest BCUT2D eigenvalue weighted by Gasteiger charge is -2.32. The van der Waals surface area contributed by atoms with Crippen molar-refractivity contribution in [3.63, 3.8) is 0 Å². The zero-order valence-corrected chi connectivity index (χ0v) is 13.2. The highest BCUT2D eigenvalue weighted by Gasteiger charge is 2.22. The molecule has 0 spiro atoms. The molecule has 1 fully saturated rings. The molecule has 1 aliphatic heterocycles. The highest BCUT2D eigenvalue weighted by molar-refractivity contribution is 7.98. The Bertz CT molecular complexity index is 619. The molecule has 0 saturated carbocycles. The van der Waals surface area contributed by atoms with Crippen molar-refractivity contribution in [1.29, 1.82) is 0 Å². The van der Waals surface area contributed by atoms with Gasteiger partial charge in [0.2, 0.25) is 0 Å². The summed E-state index contributed by atoms with van der Waals surface area (Å²) < 4.78 is 14.0. The molecule has 0 unspecified atom stereocenters. The van der Waals surface area contributed by atoms with Crippen molar-refractivity contribution in [3.05, 3.63) is 17.2 Å². The van der Waals surface area contributed by atoms with Crippen LogP contribution in [0.25, 0.3) is 10.9 Å². The van der Waals surface area contributed by atoms with Gasteiger partial charge in [-0.25, -0.2) is 19.3 Å². The number of halogens is 2. The molecule has 0 aromatic carbocycles. The van der Waals surface area contributed by atoms with Gasteiger partial charge < -0.3 is 4.90 Å². The zero-order chi connectivity index (χ0) is 14.7. The number of anilines is 1. The molecule has 2 aromatic rings. The smallest absolute Gasteiger partial charge is 0.187 e. The van der Waals surface area contributed by atoms with Crippen molar-refractivity contribution in [1.82, 2.24) is 15.0 Å². The summed E-state index contributed by atoms with van der Waals surface area (Å²) in [6, 6.07) is 0. The molecule has 3 heterocycles. The maximum absolute atomic E-state index is 14.0. The Morgan fingerprint density at radius 3 is 2.55 bits per heavy atom. The molecule has 0 amide bonds. The highest BCUT2D eigenvalue weighted by Crippen LogP contribution is 2.32. The van der Waals surface area contributed by atoms with Gasteiger partial charge in [-0.15, -0.1) is 0 Å². The van der Waals surface area contributed by atoms with Crippen molar-refractivity contribution in [3.8, 4) is 0 Å². The molecule has 0 bridgehead atoms. The second kappa shape index (κ2) is 6.54. The monoisotopic (exact) mass is 314 g/mol. The summed E-state index contributed by atoms with van der Waals surface area (Å²) in [4.78, 5) is 14.5. The Kier molecular flexibility index (Phi) is 4.99. The molecule has 4 nitrogen and oxygen atoms in total. The van der Waals surface area contributed by atoms with Gasteiger partial charge >= 0.3 is 0 Å². The van der Waals surface area contributed by atoms with E-state index in [0.717, 1.165) is 19.5 Å². The van der Waals surface area contributed by atoms with Crippen molar-refractivity contribution in [2.45, 2.75) is 25.4 Å². The first kappa shape index (κ1) is 15.3. The number of thioether (sulfide) groups is 1. The van der Waals surface area contributed by atoms with Gasteiger partial charge in [-0.05, 0) is 12.7 Å². The van der Waals surface area contributed by atoms with E-state index in [2.05, 4.69) is 19.9 Å². The third-order valence-electron chi connectivity index (χ3n) is 2.94. The number of hydrogen-bond acceptors (Lipinski definition) is 5. The minimum Gasteiger partial charge on any atom is -0.356 e. The van der Waals surface area contributed by atoms with Crippen LogP contribution in [-0.2, 0) is 0 Å². The van der Waals surface area contributed by atoms with E-state index in [9.17, 15) is 4.39 Å². The van der Waals surface area contributed by atoms with Crippen molar-refractivity contribution >= 4 is 40.1 Å². The van der Waals surface area contributed by atoms with Gasteiger partial charge in [0.1, 0.15) is 11.3 Å². The molecule has 7 heteroatoms. The topological polar surface area (TPSA) is 41.9 Å². The number of fused-ring (bicyclic) bond motifs is 1. The summed E-state index contributed by atoms with van der Waals surface area (Å²) >= 11 is 7.20. The third-order valence-corrected chi connectivity index (χ3v) is 3.75. The Hall–Kier alpha value is -1.14. The maximum Gasteiger partial charge on any atom is 0.187 e. The van der Waals surface area contributed by atoms with E-state index in [-0.39, 0.29) is 10.7 Å². The molecule has 108 valence electrons. The lowest BCUT2D eigenvalue weighted by Crippen LogP contribution is -2.37. The van der Waals surface area contributed by atoms with Crippen molar-refractivity contribution in [2.24, 2.45) is 0 Å². The fourth-order valence-corrected chi connectivity index (χ4v) is 2.37. The number of nitrogens with zero attached hydrogens (tertiary/aromatic N) is 4. The molecule has 2 aromatic heterocycles. The Labute approximate surface area is 126 Å². The fourth-order valence-electron chi connectivity index (χ4n) is 1.86. The van der Waals surface area contributed by atoms with E-state index < -0.39 is 5.82 Å². The first-order chi connectivity index (χ1) is 9.70. The van der Waals surface area contributed by atoms with E-state index in [0.29, 0.717) is 16.4 Å². The van der Waals surface area contributed by atoms with E-state index in [1.54, 1.807) is 6.20 Å². The van der Waals surface area contributed by atoms with Crippen LogP contribution in [0.1, 0.15) is 20.3 Å². The van der Waals surface area contributed by atoms with Gasteiger partial charge in [0.15, 0.2) is 16.1 Å². The van der Waals surface area contributed by atoms with Gasteiger partial charge in [0, 0.05) is 19.3 Å². The van der Waals surface area contributed by atoms with Crippen LogP contribution in [0.2, 0.25) is 5.15 Å². The quantitative estimate of drug-likeness (QED) is 0.479. The highest BCUT2D eigenvalue weighted by atomic mass is 35.5. The second-order valence-electron chi connectivity index (χ2n) is 4.00. The van der Waals surface area contributed by atoms with Gasteiger partial charge in [-0.2, -0.15) is 0 Å². The normalized spacial score (nSPS) is 13.8. The number of pyridine rings is 1. The van der Waals surface area contributed by atoms with E-state index >= 15 is 0 Å². The molecular weight excluding hydrogens is 299 g/mol. The molecule has 1 saturated heterocycles. The molecule has 1 aliphatic rings. The van der Waals surface area contributed by atoms with Crippen molar-refractivity contribution < 1.29 is 4.39 Å². The molecule has 0 atom stereocenters. The Balaban J connectivity index is 0.000000704. The largest absolute Gasteiger partial charge is 0.356 e. The average molecular weight is 315 g/mol.